The molecular weight excluding hydrogens is 140 g/mol. The Labute approximate surface area is 67.6 Å². The van der Waals surface area contributed by atoms with Crippen LogP contribution in [0.15, 0.2) is 12.7 Å². The lowest BCUT2D eigenvalue weighted by Gasteiger charge is -2.33. The van der Waals surface area contributed by atoms with E-state index in [2.05, 4.69) is 13.5 Å². The SMILES string of the molecule is C=C[C@@H]1C[C@@H](O)[C@@H](O)C[C@H]1C. The molecule has 1 rings (SSSR count). The Morgan fingerprint density at radius 2 is 1.82 bits per heavy atom. The third-order valence-corrected chi connectivity index (χ3v) is 2.60. The first kappa shape index (κ1) is 8.75. The molecule has 2 heteroatoms. The number of allylic oxidation sites excluding steroid dienone is 1. The van der Waals surface area contributed by atoms with E-state index in [1.165, 1.54) is 0 Å². The molecule has 0 aliphatic heterocycles. The molecule has 2 N–H and O–H groups in total. The molecule has 0 radical (unpaired) electrons. The second-order valence-electron chi connectivity index (χ2n) is 3.48. The maximum absolute atomic E-state index is 9.30. The van der Waals surface area contributed by atoms with Crippen LogP contribution in [0.2, 0.25) is 0 Å². The summed E-state index contributed by atoms with van der Waals surface area (Å²) in [6.07, 6.45) is 2.15. The number of hydrogen-bond donors (Lipinski definition) is 2. The van der Waals surface area contributed by atoms with Crippen LogP contribution in [0.1, 0.15) is 19.8 Å². The van der Waals surface area contributed by atoms with Crippen LogP contribution < -0.4 is 0 Å². The van der Waals surface area contributed by atoms with Crippen LogP contribution >= 0.6 is 0 Å². The number of rotatable bonds is 1. The van der Waals surface area contributed by atoms with Crippen molar-refractivity contribution in [1.29, 1.82) is 0 Å². The minimum atomic E-state index is -0.547. The van der Waals surface area contributed by atoms with Gasteiger partial charge in [-0.1, -0.05) is 13.0 Å². The van der Waals surface area contributed by atoms with Crippen LogP contribution in [0.4, 0.5) is 0 Å². The van der Waals surface area contributed by atoms with E-state index in [9.17, 15) is 10.2 Å². The highest BCUT2D eigenvalue weighted by molar-refractivity contribution is 4.91. The number of aliphatic hydroxyl groups is 2. The van der Waals surface area contributed by atoms with Crippen LogP contribution in [0.3, 0.4) is 0 Å². The summed E-state index contributed by atoms with van der Waals surface area (Å²) < 4.78 is 0. The van der Waals surface area contributed by atoms with Gasteiger partial charge in [-0.25, -0.2) is 0 Å². The van der Waals surface area contributed by atoms with E-state index >= 15 is 0 Å². The molecule has 4 atom stereocenters. The van der Waals surface area contributed by atoms with Gasteiger partial charge in [-0.15, -0.1) is 6.58 Å². The van der Waals surface area contributed by atoms with E-state index in [1.807, 2.05) is 6.08 Å². The first-order valence-corrected chi connectivity index (χ1v) is 4.13. The van der Waals surface area contributed by atoms with Crippen LogP contribution in [0, 0.1) is 11.8 Å². The average Bonchev–Trinajstić information content (AvgIpc) is 1.97. The zero-order chi connectivity index (χ0) is 8.43. The highest BCUT2D eigenvalue weighted by Crippen LogP contribution is 2.30. The highest BCUT2D eigenvalue weighted by Gasteiger charge is 2.30. The summed E-state index contributed by atoms with van der Waals surface area (Å²) in [5.74, 6) is 0.819. The highest BCUT2D eigenvalue weighted by atomic mass is 16.3. The molecule has 64 valence electrons. The van der Waals surface area contributed by atoms with Gasteiger partial charge in [0.15, 0.2) is 0 Å². The van der Waals surface area contributed by atoms with E-state index in [0.29, 0.717) is 24.7 Å². The monoisotopic (exact) mass is 156 g/mol. The molecule has 0 spiro atoms. The van der Waals surface area contributed by atoms with Crippen LogP contribution in [-0.2, 0) is 0 Å². The van der Waals surface area contributed by atoms with Crippen LogP contribution in [-0.4, -0.2) is 22.4 Å². The molecule has 0 unspecified atom stereocenters. The zero-order valence-corrected chi connectivity index (χ0v) is 6.90. The van der Waals surface area contributed by atoms with Crippen LogP contribution in [0.5, 0.6) is 0 Å². The standard InChI is InChI=1S/C9H16O2/c1-3-7-5-9(11)8(10)4-6(7)2/h3,6-11H,1,4-5H2,2H3/t6-,7-,8+,9-/m1/s1. The molecule has 2 nitrogen and oxygen atoms in total. The average molecular weight is 156 g/mol. The van der Waals surface area contributed by atoms with Gasteiger partial charge in [-0.05, 0) is 24.7 Å². The maximum atomic E-state index is 9.30. The van der Waals surface area contributed by atoms with E-state index in [1.54, 1.807) is 0 Å². The van der Waals surface area contributed by atoms with Crippen molar-refractivity contribution >= 4 is 0 Å². The molecule has 0 aromatic carbocycles. The molecule has 0 heterocycles. The van der Waals surface area contributed by atoms with Gasteiger partial charge in [-0.3, -0.25) is 0 Å². The molecule has 0 bridgehead atoms. The van der Waals surface area contributed by atoms with Crippen molar-refractivity contribution in [3.63, 3.8) is 0 Å². The molecule has 1 aliphatic rings. The van der Waals surface area contributed by atoms with E-state index in [-0.39, 0.29) is 0 Å². The minimum absolute atomic E-state index is 0.369. The predicted molar refractivity (Wildman–Crippen MR) is 44.1 cm³/mol. The van der Waals surface area contributed by atoms with E-state index in [4.69, 9.17) is 0 Å². The lowest BCUT2D eigenvalue weighted by Crippen LogP contribution is -2.37. The summed E-state index contributed by atoms with van der Waals surface area (Å²) in [4.78, 5) is 0. The fraction of sp³-hybridized carbons (Fsp3) is 0.778. The lowest BCUT2D eigenvalue weighted by molar-refractivity contribution is -0.0359. The van der Waals surface area contributed by atoms with Gasteiger partial charge in [0, 0.05) is 0 Å². The zero-order valence-electron chi connectivity index (χ0n) is 6.90. The Kier molecular flexibility index (Phi) is 2.68. The summed E-state index contributed by atoms with van der Waals surface area (Å²) in [6.45, 7) is 5.79. The molecule has 1 fully saturated rings. The van der Waals surface area contributed by atoms with E-state index in [0.717, 1.165) is 0 Å². The maximum Gasteiger partial charge on any atom is 0.0804 e. The summed E-state index contributed by atoms with van der Waals surface area (Å²) in [5, 5.41) is 18.6. The van der Waals surface area contributed by atoms with Gasteiger partial charge in [0.05, 0.1) is 12.2 Å². The summed E-state index contributed by atoms with van der Waals surface area (Å²) in [6, 6.07) is 0. The molecule has 1 aliphatic carbocycles. The van der Waals surface area contributed by atoms with Crippen molar-refractivity contribution in [3.8, 4) is 0 Å². The Hall–Kier alpha value is -0.340. The predicted octanol–water partition coefficient (Wildman–Crippen LogP) is 0.940. The smallest absolute Gasteiger partial charge is 0.0804 e. The fourth-order valence-electron chi connectivity index (χ4n) is 1.71. The largest absolute Gasteiger partial charge is 0.390 e. The number of aliphatic hydroxyl groups excluding tert-OH is 2. The van der Waals surface area contributed by atoms with Crippen molar-refractivity contribution in [2.75, 3.05) is 0 Å². The molecule has 0 aromatic rings. The minimum Gasteiger partial charge on any atom is -0.390 e. The normalized spacial score (nSPS) is 45.4. The van der Waals surface area contributed by atoms with Gasteiger partial charge in [0.2, 0.25) is 0 Å². The van der Waals surface area contributed by atoms with Crippen molar-refractivity contribution in [2.24, 2.45) is 11.8 Å². The van der Waals surface area contributed by atoms with Crippen molar-refractivity contribution < 1.29 is 10.2 Å². The van der Waals surface area contributed by atoms with Crippen LogP contribution in [0.25, 0.3) is 0 Å². The number of hydrogen-bond acceptors (Lipinski definition) is 2. The first-order chi connectivity index (χ1) is 5.15. The van der Waals surface area contributed by atoms with Crippen molar-refractivity contribution in [3.05, 3.63) is 12.7 Å². The third-order valence-electron chi connectivity index (χ3n) is 2.60. The van der Waals surface area contributed by atoms with Gasteiger partial charge in [-0.2, -0.15) is 0 Å². The summed E-state index contributed by atoms with van der Waals surface area (Å²) in [7, 11) is 0. The van der Waals surface area contributed by atoms with Crippen molar-refractivity contribution in [1.82, 2.24) is 0 Å². The Morgan fingerprint density at radius 3 is 2.36 bits per heavy atom. The van der Waals surface area contributed by atoms with E-state index < -0.39 is 12.2 Å². The Bertz CT molecular complexity index is 144. The van der Waals surface area contributed by atoms with Gasteiger partial charge in [0.25, 0.3) is 0 Å². The Balaban J connectivity index is 2.54. The molecule has 0 aromatic heterocycles. The summed E-state index contributed by atoms with van der Waals surface area (Å²) >= 11 is 0. The molecule has 0 saturated heterocycles. The first-order valence-electron chi connectivity index (χ1n) is 4.13. The molecular formula is C9H16O2. The lowest BCUT2D eigenvalue weighted by atomic mass is 9.78. The van der Waals surface area contributed by atoms with Gasteiger partial charge in [0.1, 0.15) is 0 Å². The second-order valence-corrected chi connectivity index (χ2v) is 3.48. The quantitative estimate of drug-likeness (QED) is 0.555. The fourth-order valence-corrected chi connectivity index (χ4v) is 1.71. The Morgan fingerprint density at radius 1 is 1.27 bits per heavy atom. The van der Waals surface area contributed by atoms with Gasteiger partial charge < -0.3 is 10.2 Å². The summed E-state index contributed by atoms with van der Waals surface area (Å²) in [5.41, 5.74) is 0. The second kappa shape index (κ2) is 3.37. The van der Waals surface area contributed by atoms with Gasteiger partial charge >= 0.3 is 0 Å². The molecule has 0 amide bonds. The topological polar surface area (TPSA) is 40.5 Å². The third kappa shape index (κ3) is 1.82. The molecule has 1 saturated carbocycles. The van der Waals surface area contributed by atoms with Crippen molar-refractivity contribution in [2.45, 2.75) is 32.0 Å². The molecule has 11 heavy (non-hydrogen) atoms.